The second kappa shape index (κ2) is 4.26. The first-order valence-corrected chi connectivity index (χ1v) is 4.60. The maximum absolute atomic E-state index is 10.9. The molecule has 0 aromatic heterocycles. The van der Waals surface area contributed by atoms with Gasteiger partial charge in [0, 0.05) is 4.75 Å². The van der Waals surface area contributed by atoms with Gasteiger partial charge in [-0.05, 0) is 12.2 Å². The van der Waals surface area contributed by atoms with E-state index in [2.05, 4.69) is 25.3 Å². The molecule has 1 atom stereocenters. The van der Waals surface area contributed by atoms with Crippen LogP contribution in [0.4, 0.5) is 0 Å². The number of primary amides is 1. The molecule has 1 unspecified atom stereocenters. The lowest BCUT2D eigenvalue weighted by molar-refractivity contribution is -0.122. The first kappa shape index (κ1) is 11.2. The van der Waals surface area contributed by atoms with Gasteiger partial charge >= 0.3 is 0 Å². The molecule has 66 valence electrons. The summed E-state index contributed by atoms with van der Waals surface area (Å²) in [5.74, 6) is 0.180. The van der Waals surface area contributed by atoms with Gasteiger partial charge in [-0.1, -0.05) is 13.8 Å². The van der Waals surface area contributed by atoms with Crippen molar-refractivity contribution in [2.75, 3.05) is 5.75 Å². The molecule has 0 saturated carbocycles. The third kappa shape index (κ3) is 3.91. The largest absolute Gasteiger partial charge is 0.369 e. The summed E-state index contributed by atoms with van der Waals surface area (Å²) in [6, 6.07) is 0. The van der Waals surface area contributed by atoms with E-state index in [4.69, 9.17) is 5.73 Å². The standard InChI is InChI=1S/C7H15NOS2/c1-7(2,11)5(3-4-10)6(8)9/h5,10-11H,3-4H2,1-2H3,(H2,8,9). The van der Waals surface area contributed by atoms with Crippen LogP contribution in [-0.2, 0) is 4.79 Å². The highest BCUT2D eigenvalue weighted by Gasteiger charge is 2.29. The Morgan fingerprint density at radius 1 is 1.64 bits per heavy atom. The number of nitrogens with two attached hydrogens (primary N) is 1. The third-order valence-electron chi connectivity index (χ3n) is 1.61. The van der Waals surface area contributed by atoms with Crippen molar-refractivity contribution in [1.82, 2.24) is 0 Å². The number of thiol groups is 2. The van der Waals surface area contributed by atoms with Crippen LogP contribution in [0.5, 0.6) is 0 Å². The minimum atomic E-state index is -0.339. The summed E-state index contributed by atoms with van der Waals surface area (Å²) in [5.41, 5.74) is 5.19. The number of rotatable bonds is 4. The van der Waals surface area contributed by atoms with Crippen molar-refractivity contribution >= 4 is 31.2 Å². The van der Waals surface area contributed by atoms with Crippen molar-refractivity contribution in [3.8, 4) is 0 Å². The Labute approximate surface area is 78.7 Å². The molecular formula is C7H15NOS2. The van der Waals surface area contributed by atoms with Crippen LogP contribution in [0, 0.1) is 5.92 Å². The molecule has 2 N–H and O–H groups in total. The number of carbonyl (C=O) groups is 1. The molecule has 0 rings (SSSR count). The average Bonchev–Trinajstić information content (AvgIpc) is 1.79. The summed E-state index contributed by atoms with van der Waals surface area (Å²) >= 11 is 8.33. The maximum Gasteiger partial charge on any atom is 0.221 e. The van der Waals surface area contributed by atoms with Crippen LogP contribution < -0.4 is 5.73 Å². The van der Waals surface area contributed by atoms with Gasteiger partial charge < -0.3 is 5.73 Å². The van der Waals surface area contributed by atoms with Crippen molar-refractivity contribution in [2.45, 2.75) is 25.0 Å². The quantitative estimate of drug-likeness (QED) is 0.575. The monoisotopic (exact) mass is 193 g/mol. The van der Waals surface area contributed by atoms with Crippen molar-refractivity contribution in [3.63, 3.8) is 0 Å². The Bertz CT molecular complexity index is 142. The fraction of sp³-hybridized carbons (Fsp3) is 0.857. The van der Waals surface area contributed by atoms with E-state index < -0.39 is 0 Å². The van der Waals surface area contributed by atoms with E-state index in [1.165, 1.54) is 0 Å². The second-order valence-electron chi connectivity index (χ2n) is 3.12. The van der Waals surface area contributed by atoms with Crippen LogP contribution in [0.15, 0.2) is 0 Å². The predicted octanol–water partition coefficient (Wildman–Crippen LogP) is 1.12. The molecule has 0 radical (unpaired) electrons. The van der Waals surface area contributed by atoms with Crippen molar-refractivity contribution < 1.29 is 4.79 Å². The zero-order chi connectivity index (χ0) is 9.07. The summed E-state index contributed by atoms with van der Waals surface area (Å²) in [6.45, 7) is 3.77. The van der Waals surface area contributed by atoms with Crippen molar-refractivity contribution in [2.24, 2.45) is 11.7 Å². The van der Waals surface area contributed by atoms with Gasteiger partial charge in [-0.3, -0.25) is 4.79 Å². The lowest BCUT2D eigenvalue weighted by atomic mass is 9.92. The lowest BCUT2D eigenvalue weighted by Gasteiger charge is -2.26. The smallest absolute Gasteiger partial charge is 0.221 e. The van der Waals surface area contributed by atoms with E-state index in [0.717, 1.165) is 0 Å². The van der Waals surface area contributed by atoms with Crippen LogP contribution in [0.2, 0.25) is 0 Å². The zero-order valence-corrected chi connectivity index (χ0v) is 8.66. The number of hydrogen-bond donors (Lipinski definition) is 3. The highest BCUT2D eigenvalue weighted by molar-refractivity contribution is 7.81. The van der Waals surface area contributed by atoms with Crippen LogP contribution >= 0.6 is 25.3 Å². The van der Waals surface area contributed by atoms with Crippen molar-refractivity contribution in [3.05, 3.63) is 0 Å². The molecule has 1 amide bonds. The van der Waals surface area contributed by atoms with Crippen molar-refractivity contribution in [1.29, 1.82) is 0 Å². The van der Waals surface area contributed by atoms with Gasteiger partial charge in [-0.2, -0.15) is 25.3 Å². The van der Waals surface area contributed by atoms with Gasteiger partial charge in [-0.15, -0.1) is 0 Å². The molecule has 0 fully saturated rings. The molecule has 0 aliphatic heterocycles. The molecule has 4 heteroatoms. The van der Waals surface area contributed by atoms with Gasteiger partial charge in [0.1, 0.15) is 0 Å². The average molecular weight is 193 g/mol. The molecule has 0 aromatic carbocycles. The first-order chi connectivity index (χ1) is 4.89. The van der Waals surface area contributed by atoms with Gasteiger partial charge in [0.05, 0.1) is 5.92 Å². The van der Waals surface area contributed by atoms with E-state index >= 15 is 0 Å². The van der Waals surface area contributed by atoms with Crippen LogP contribution in [0.3, 0.4) is 0 Å². The highest BCUT2D eigenvalue weighted by Crippen LogP contribution is 2.26. The SMILES string of the molecule is CC(C)(S)C(CCS)C(N)=O. The summed E-state index contributed by atoms with van der Waals surface area (Å²) in [7, 11) is 0. The minimum Gasteiger partial charge on any atom is -0.369 e. The molecule has 0 heterocycles. The molecule has 0 bridgehead atoms. The fourth-order valence-corrected chi connectivity index (χ4v) is 1.49. The van der Waals surface area contributed by atoms with Crippen LogP contribution in [-0.4, -0.2) is 16.4 Å². The van der Waals surface area contributed by atoms with Gasteiger partial charge in [0.2, 0.25) is 5.91 Å². The first-order valence-electron chi connectivity index (χ1n) is 3.52. The molecule has 0 saturated heterocycles. The highest BCUT2D eigenvalue weighted by atomic mass is 32.1. The van der Waals surface area contributed by atoms with E-state index in [1.807, 2.05) is 13.8 Å². The summed E-state index contributed by atoms with van der Waals surface area (Å²) in [4.78, 5) is 10.9. The fourth-order valence-electron chi connectivity index (χ4n) is 0.973. The molecule has 0 aliphatic carbocycles. The molecule has 2 nitrogen and oxygen atoms in total. The van der Waals surface area contributed by atoms with Gasteiger partial charge in [0.15, 0.2) is 0 Å². The Balaban J connectivity index is 4.22. The normalized spacial score (nSPS) is 14.5. The van der Waals surface area contributed by atoms with Gasteiger partial charge in [0.25, 0.3) is 0 Å². The zero-order valence-electron chi connectivity index (χ0n) is 6.87. The predicted molar refractivity (Wildman–Crippen MR) is 54.2 cm³/mol. The van der Waals surface area contributed by atoms with Crippen LogP contribution in [0.1, 0.15) is 20.3 Å². The summed E-state index contributed by atoms with van der Waals surface area (Å²) < 4.78 is -0.339. The number of amides is 1. The Morgan fingerprint density at radius 3 is 2.18 bits per heavy atom. The van der Waals surface area contributed by atoms with E-state index in [0.29, 0.717) is 12.2 Å². The Kier molecular flexibility index (Phi) is 4.32. The lowest BCUT2D eigenvalue weighted by Crippen LogP contribution is -2.37. The molecule has 0 aromatic rings. The summed E-state index contributed by atoms with van der Waals surface area (Å²) in [6.07, 6.45) is 0.689. The molecule has 11 heavy (non-hydrogen) atoms. The maximum atomic E-state index is 10.9. The minimum absolute atomic E-state index is 0.191. The topological polar surface area (TPSA) is 43.1 Å². The van der Waals surface area contributed by atoms with Gasteiger partial charge in [-0.25, -0.2) is 0 Å². The van der Waals surface area contributed by atoms with E-state index in [1.54, 1.807) is 0 Å². The number of hydrogen-bond acceptors (Lipinski definition) is 3. The molecule has 0 spiro atoms. The van der Waals surface area contributed by atoms with Crippen LogP contribution in [0.25, 0.3) is 0 Å². The Hall–Kier alpha value is 0.170. The molecular weight excluding hydrogens is 178 g/mol. The second-order valence-corrected chi connectivity index (χ2v) is 4.72. The van der Waals surface area contributed by atoms with E-state index in [-0.39, 0.29) is 16.6 Å². The summed E-state index contributed by atoms with van der Waals surface area (Å²) in [5, 5.41) is 0. The van der Waals surface area contributed by atoms with E-state index in [9.17, 15) is 4.79 Å². The number of carbonyl (C=O) groups excluding carboxylic acids is 1. The Morgan fingerprint density at radius 2 is 2.09 bits per heavy atom. The third-order valence-corrected chi connectivity index (χ3v) is 2.18. The molecule has 0 aliphatic rings.